The molecular weight excluding hydrogens is 190 g/mol. The smallest absolute Gasteiger partial charge is 0.167 e. The summed E-state index contributed by atoms with van der Waals surface area (Å²) in [5.41, 5.74) is 6.62. The van der Waals surface area contributed by atoms with E-state index >= 15 is 0 Å². The van der Waals surface area contributed by atoms with Crippen LogP contribution in [0.15, 0.2) is 24.4 Å². The highest BCUT2D eigenvalue weighted by Gasteiger charge is 2.07. The van der Waals surface area contributed by atoms with Crippen molar-refractivity contribution in [3.63, 3.8) is 0 Å². The van der Waals surface area contributed by atoms with Crippen molar-refractivity contribution >= 4 is 0 Å². The van der Waals surface area contributed by atoms with Crippen LogP contribution in [-0.4, -0.2) is 20.2 Å². The van der Waals surface area contributed by atoms with Gasteiger partial charge in [0.2, 0.25) is 0 Å². The summed E-state index contributed by atoms with van der Waals surface area (Å²) >= 11 is 0. The zero-order valence-electron chi connectivity index (χ0n) is 8.51. The summed E-state index contributed by atoms with van der Waals surface area (Å²) in [4.78, 5) is 8.48. The van der Waals surface area contributed by atoms with Gasteiger partial charge >= 0.3 is 0 Å². The van der Waals surface area contributed by atoms with Gasteiger partial charge in [0, 0.05) is 18.3 Å². The Bertz CT molecular complexity index is 420. The number of aromatic amines is 1. The molecule has 0 aliphatic carbocycles. The zero-order valence-corrected chi connectivity index (χ0v) is 8.51. The minimum absolute atomic E-state index is 0.140. The zero-order chi connectivity index (χ0) is 10.7. The lowest BCUT2D eigenvalue weighted by Gasteiger charge is -1.96. The highest BCUT2D eigenvalue weighted by atomic mass is 15.2. The molecule has 0 aliphatic heterocycles. The third-order valence-corrected chi connectivity index (χ3v) is 2.03. The maximum Gasteiger partial charge on any atom is 0.167 e. The number of nitrogens with zero attached hydrogens (tertiary/aromatic N) is 3. The molecule has 0 bridgehead atoms. The van der Waals surface area contributed by atoms with Crippen molar-refractivity contribution in [2.75, 3.05) is 0 Å². The maximum absolute atomic E-state index is 5.66. The second kappa shape index (κ2) is 4.18. The van der Waals surface area contributed by atoms with Crippen LogP contribution in [0.1, 0.15) is 30.3 Å². The molecule has 78 valence electrons. The Hall–Kier alpha value is -1.75. The summed E-state index contributed by atoms with van der Waals surface area (Å²) < 4.78 is 0. The second-order valence-corrected chi connectivity index (χ2v) is 3.43. The van der Waals surface area contributed by atoms with Crippen LogP contribution in [0, 0.1) is 0 Å². The van der Waals surface area contributed by atoms with Crippen molar-refractivity contribution in [2.45, 2.75) is 19.4 Å². The van der Waals surface area contributed by atoms with Crippen molar-refractivity contribution in [2.24, 2.45) is 5.73 Å². The van der Waals surface area contributed by atoms with Crippen molar-refractivity contribution in [1.29, 1.82) is 0 Å². The SMILES string of the molecule is CC(N)c1n[nH]c(Cc2ccccn2)n1. The predicted molar refractivity (Wildman–Crippen MR) is 56.0 cm³/mol. The number of hydrogen-bond donors (Lipinski definition) is 2. The van der Waals surface area contributed by atoms with E-state index < -0.39 is 0 Å². The standard InChI is InChI=1S/C10H13N5/c1-7(11)10-13-9(14-15-10)6-8-4-2-3-5-12-8/h2-5,7H,6,11H2,1H3,(H,13,14,15). The number of aromatic nitrogens is 4. The van der Waals surface area contributed by atoms with Gasteiger partial charge in [-0.05, 0) is 19.1 Å². The lowest BCUT2D eigenvalue weighted by Crippen LogP contribution is -2.07. The van der Waals surface area contributed by atoms with E-state index in [1.165, 1.54) is 0 Å². The lowest BCUT2D eigenvalue weighted by atomic mass is 10.2. The first-order chi connectivity index (χ1) is 7.25. The number of hydrogen-bond acceptors (Lipinski definition) is 4. The van der Waals surface area contributed by atoms with Crippen molar-refractivity contribution in [3.05, 3.63) is 41.7 Å². The summed E-state index contributed by atoms with van der Waals surface area (Å²) in [5, 5.41) is 6.88. The Labute approximate surface area is 87.8 Å². The Morgan fingerprint density at radius 3 is 2.93 bits per heavy atom. The third-order valence-electron chi connectivity index (χ3n) is 2.03. The van der Waals surface area contributed by atoms with Gasteiger partial charge in [-0.15, -0.1) is 0 Å². The highest BCUT2D eigenvalue weighted by molar-refractivity contribution is 5.10. The van der Waals surface area contributed by atoms with E-state index in [0.717, 1.165) is 11.5 Å². The summed E-state index contributed by atoms with van der Waals surface area (Å²) in [7, 11) is 0. The number of nitrogens with two attached hydrogens (primary N) is 1. The third kappa shape index (κ3) is 2.38. The minimum atomic E-state index is -0.140. The minimum Gasteiger partial charge on any atom is -0.321 e. The molecule has 2 aromatic rings. The van der Waals surface area contributed by atoms with Gasteiger partial charge in [0.15, 0.2) is 5.82 Å². The molecule has 2 rings (SSSR count). The van der Waals surface area contributed by atoms with E-state index in [0.29, 0.717) is 12.2 Å². The molecular formula is C10H13N5. The van der Waals surface area contributed by atoms with Crippen LogP contribution < -0.4 is 5.73 Å². The normalized spacial score (nSPS) is 12.7. The molecule has 0 aromatic carbocycles. The summed E-state index contributed by atoms with van der Waals surface area (Å²) in [6, 6.07) is 5.65. The monoisotopic (exact) mass is 203 g/mol. The van der Waals surface area contributed by atoms with Crippen LogP contribution in [0.25, 0.3) is 0 Å². The van der Waals surface area contributed by atoms with E-state index in [1.54, 1.807) is 6.20 Å². The van der Waals surface area contributed by atoms with Crippen LogP contribution in [0.3, 0.4) is 0 Å². The predicted octanol–water partition coefficient (Wildman–Crippen LogP) is 0.810. The topological polar surface area (TPSA) is 80.5 Å². The molecule has 0 aliphatic rings. The van der Waals surface area contributed by atoms with Crippen LogP contribution >= 0.6 is 0 Å². The molecule has 0 saturated carbocycles. The highest BCUT2D eigenvalue weighted by Crippen LogP contribution is 2.05. The Balaban J connectivity index is 2.12. The number of rotatable bonds is 3. The fraction of sp³-hybridized carbons (Fsp3) is 0.300. The van der Waals surface area contributed by atoms with Crippen molar-refractivity contribution in [3.8, 4) is 0 Å². The van der Waals surface area contributed by atoms with Crippen molar-refractivity contribution in [1.82, 2.24) is 20.2 Å². The lowest BCUT2D eigenvalue weighted by molar-refractivity contribution is 0.744. The molecule has 0 spiro atoms. The van der Waals surface area contributed by atoms with Gasteiger partial charge in [-0.1, -0.05) is 6.07 Å². The quantitative estimate of drug-likeness (QED) is 0.773. The van der Waals surface area contributed by atoms with E-state index in [9.17, 15) is 0 Å². The molecule has 1 atom stereocenters. The van der Waals surface area contributed by atoms with Gasteiger partial charge in [-0.3, -0.25) is 10.1 Å². The molecule has 0 radical (unpaired) electrons. The van der Waals surface area contributed by atoms with Crippen molar-refractivity contribution < 1.29 is 0 Å². The summed E-state index contributed by atoms with van der Waals surface area (Å²) in [6.07, 6.45) is 2.42. The Morgan fingerprint density at radius 1 is 1.47 bits per heavy atom. The molecule has 0 fully saturated rings. The molecule has 2 heterocycles. The molecule has 3 N–H and O–H groups in total. The first-order valence-electron chi connectivity index (χ1n) is 4.82. The van der Waals surface area contributed by atoms with Crippen LogP contribution in [0.2, 0.25) is 0 Å². The van der Waals surface area contributed by atoms with Crippen LogP contribution in [-0.2, 0) is 6.42 Å². The fourth-order valence-electron chi connectivity index (χ4n) is 1.27. The van der Waals surface area contributed by atoms with E-state index in [1.807, 2.05) is 25.1 Å². The molecule has 5 heteroatoms. The summed E-state index contributed by atoms with van der Waals surface area (Å²) in [5.74, 6) is 1.43. The average molecular weight is 203 g/mol. The average Bonchev–Trinajstić information content (AvgIpc) is 2.68. The number of pyridine rings is 1. The van der Waals surface area contributed by atoms with Crippen LogP contribution in [0.4, 0.5) is 0 Å². The van der Waals surface area contributed by atoms with Gasteiger partial charge in [0.1, 0.15) is 5.82 Å². The van der Waals surface area contributed by atoms with E-state index in [2.05, 4.69) is 20.2 Å². The maximum atomic E-state index is 5.66. The number of nitrogens with one attached hydrogen (secondary N) is 1. The largest absolute Gasteiger partial charge is 0.321 e. The van der Waals surface area contributed by atoms with Gasteiger partial charge in [0.05, 0.1) is 6.04 Å². The fourth-order valence-corrected chi connectivity index (χ4v) is 1.27. The first-order valence-corrected chi connectivity index (χ1v) is 4.82. The molecule has 0 saturated heterocycles. The van der Waals surface area contributed by atoms with E-state index in [4.69, 9.17) is 5.73 Å². The van der Waals surface area contributed by atoms with Crippen LogP contribution in [0.5, 0.6) is 0 Å². The first kappa shape index (κ1) is 9.79. The Morgan fingerprint density at radius 2 is 2.33 bits per heavy atom. The molecule has 1 unspecified atom stereocenters. The van der Waals surface area contributed by atoms with Gasteiger partial charge in [0.25, 0.3) is 0 Å². The van der Waals surface area contributed by atoms with Gasteiger partial charge < -0.3 is 5.73 Å². The number of H-pyrrole nitrogens is 1. The van der Waals surface area contributed by atoms with Gasteiger partial charge in [-0.25, -0.2) is 4.98 Å². The Kier molecular flexibility index (Phi) is 2.73. The molecule has 15 heavy (non-hydrogen) atoms. The molecule has 0 amide bonds. The van der Waals surface area contributed by atoms with Gasteiger partial charge in [-0.2, -0.15) is 5.10 Å². The molecule has 2 aromatic heterocycles. The van der Waals surface area contributed by atoms with E-state index in [-0.39, 0.29) is 6.04 Å². The second-order valence-electron chi connectivity index (χ2n) is 3.43. The summed E-state index contributed by atoms with van der Waals surface area (Å²) in [6.45, 7) is 1.85. The molecule has 5 nitrogen and oxygen atoms in total.